The zero-order chi connectivity index (χ0) is 28.5. The molecule has 208 valence electrons. The Morgan fingerprint density at radius 3 is 2.36 bits per heavy atom. The molecule has 39 heavy (non-hydrogen) atoms. The van der Waals surface area contributed by atoms with Gasteiger partial charge in [-0.3, -0.25) is 4.79 Å². The summed E-state index contributed by atoms with van der Waals surface area (Å²) >= 11 is 6.05. The van der Waals surface area contributed by atoms with Crippen LogP contribution in [0.25, 0.3) is 0 Å². The molecule has 3 aromatic rings. The predicted octanol–water partition coefficient (Wildman–Crippen LogP) is 6.17. The number of benzene rings is 2. The lowest BCUT2D eigenvalue weighted by Crippen LogP contribution is -2.57. The quantitative estimate of drug-likeness (QED) is 0.240. The fourth-order valence-corrected chi connectivity index (χ4v) is 4.82. The van der Waals surface area contributed by atoms with E-state index >= 15 is 8.78 Å². The zero-order valence-electron chi connectivity index (χ0n) is 21.6. The van der Waals surface area contributed by atoms with Gasteiger partial charge in [0.1, 0.15) is 23.2 Å². The van der Waals surface area contributed by atoms with Gasteiger partial charge in [0.25, 0.3) is 0 Å². The molecule has 0 fully saturated rings. The van der Waals surface area contributed by atoms with Crippen molar-refractivity contribution >= 4 is 28.9 Å². The van der Waals surface area contributed by atoms with Crippen molar-refractivity contribution in [1.82, 2.24) is 5.32 Å². The first-order valence-electron chi connectivity index (χ1n) is 12.3. The maximum absolute atomic E-state index is 15.1. The number of hydrazone groups is 1. The molecule has 11 heteroatoms. The van der Waals surface area contributed by atoms with Crippen LogP contribution in [0, 0.1) is 28.7 Å². The van der Waals surface area contributed by atoms with Gasteiger partial charge in [0.15, 0.2) is 16.6 Å². The maximum atomic E-state index is 15.1. The summed E-state index contributed by atoms with van der Waals surface area (Å²) in [5.74, 6) is -5.22. The molecule has 0 aliphatic carbocycles. The van der Waals surface area contributed by atoms with E-state index in [-0.39, 0.29) is 46.5 Å². The topological polar surface area (TPSA) is 78.1 Å². The van der Waals surface area contributed by atoms with Gasteiger partial charge >= 0.3 is 0 Å². The van der Waals surface area contributed by atoms with Gasteiger partial charge in [-0.25, -0.2) is 22.6 Å². The summed E-state index contributed by atoms with van der Waals surface area (Å²) < 4.78 is 63.4. The predicted molar refractivity (Wildman–Crippen MR) is 140 cm³/mol. The molecule has 2 aromatic carbocycles. The molecule has 0 saturated carbocycles. The number of hydrogen-bond donors (Lipinski definition) is 2. The van der Waals surface area contributed by atoms with E-state index in [2.05, 4.69) is 10.4 Å². The summed E-state index contributed by atoms with van der Waals surface area (Å²) in [5.41, 5.74) is -2.53. The highest BCUT2D eigenvalue weighted by atomic mass is 35.5. The van der Waals surface area contributed by atoms with Crippen molar-refractivity contribution < 1.29 is 31.9 Å². The molecule has 6 nitrogen and oxygen atoms in total. The van der Waals surface area contributed by atoms with Gasteiger partial charge in [0, 0.05) is 30.8 Å². The van der Waals surface area contributed by atoms with Crippen LogP contribution < -0.4 is 10.3 Å². The highest BCUT2D eigenvalue weighted by molar-refractivity contribution is 6.28. The van der Waals surface area contributed by atoms with Gasteiger partial charge in [-0.05, 0) is 73.2 Å². The van der Waals surface area contributed by atoms with Gasteiger partial charge in [-0.15, -0.1) is 0 Å². The van der Waals surface area contributed by atoms with E-state index in [1.54, 1.807) is 0 Å². The second-order valence-electron chi connectivity index (χ2n) is 10.4. The zero-order valence-corrected chi connectivity index (χ0v) is 22.3. The van der Waals surface area contributed by atoms with Gasteiger partial charge in [-0.1, -0.05) is 13.8 Å². The number of anilines is 1. The fraction of sp³-hybridized carbons (Fsp3) is 0.357. The first kappa shape index (κ1) is 28.6. The Hall–Kier alpha value is -3.37. The highest BCUT2D eigenvalue weighted by Gasteiger charge is 2.57. The lowest BCUT2D eigenvalue weighted by atomic mass is 9.78. The van der Waals surface area contributed by atoms with E-state index in [1.807, 2.05) is 13.8 Å². The van der Waals surface area contributed by atoms with Crippen LogP contribution in [0.1, 0.15) is 50.9 Å². The largest absolute Gasteiger partial charge is 0.449 e. The van der Waals surface area contributed by atoms with Crippen LogP contribution >= 0.6 is 11.6 Å². The van der Waals surface area contributed by atoms with Crippen LogP contribution in [0.2, 0.25) is 5.22 Å². The molecular weight excluding hydrogens is 538 g/mol. The average molecular weight is 566 g/mol. The summed E-state index contributed by atoms with van der Waals surface area (Å²) in [4.78, 5) is 13.9. The molecule has 0 bridgehead atoms. The Kier molecular flexibility index (Phi) is 8.09. The van der Waals surface area contributed by atoms with E-state index in [0.717, 1.165) is 23.2 Å². The Morgan fingerprint density at radius 2 is 1.77 bits per heavy atom. The van der Waals surface area contributed by atoms with Gasteiger partial charge in [-0.2, -0.15) is 5.10 Å². The first-order chi connectivity index (χ1) is 18.4. The average Bonchev–Trinajstić information content (AvgIpc) is 3.42. The lowest BCUT2D eigenvalue weighted by molar-refractivity contribution is -0.126. The number of furan rings is 1. The van der Waals surface area contributed by atoms with E-state index in [0.29, 0.717) is 25.0 Å². The third-order valence-corrected chi connectivity index (χ3v) is 7.11. The fourth-order valence-electron chi connectivity index (χ4n) is 4.67. The maximum Gasteiger partial charge on any atom is 0.248 e. The number of rotatable bonds is 9. The number of aliphatic hydroxyl groups is 1. The normalized spacial score (nSPS) is 19.4. The standard InChI is InChI=1S/C28H28ClF4N3O3/c1-27(2,15-37)11-4-12-34-26(38)28(3)24(22-9-10-23(29)39-22)25(18-7-5-16(30)13-19(18)32)35-36(28)21-8-6-17(31)14-20(21)33/h5-10,13-14,24,37H,4,11-12,15H2,1-3H3,(H,34,38). The van der Waals surface area contributed by atoms with Crippen molar-refractivity contribution in [2.75, 3.05) is 18.2 Å². The number of hydrogen-bond acceptors (Lipinski definition) is 5. The number of nitrogens with one attached hydrogen (secondary N) is 1. The summed E-state index contributed by atoms with van der Waals surface area (Å²) in [6, 6.07) is 8.59. The Balaban J connectivity index is 1.83. The molecule has 0 saturated heterocycles. The summed E-state index contributed by atoms with van der Waals surface area (Å²) in [7, 11) is 0. The highest BCUT2D eigenvalue weighted by Crippen LogP contribution is 2.46. The van der Waals surface area contributed by atoms with Crippen LogP contribution in [0.15, 0.2) is 58.0 Å². The summed E-state index contributed by atoms with van der Waals surface area (Å²) in [6.07, 6.45) is 1.13. The molecule has 1 amide bonds. The minimum atomic E-state index is -1.76. The monoisotopic (exact) mass is 565 g/mol. The van der Waals surface area contributed by atoms with E-state index < -0.39 is 40.6 Å². The third-order valence-electron chi connectivity index (χ3n) is 6.91. The second kappa shape index (κ2) is 11.0. The van der Waals surface area contributed by atoms with Crippen LogP contribution in [0.3, 0.4) is 0 Å². The molecule has 2 N–H and O–H groups in total. The number of amides is 1. The second-order valence-corrected chi connectivity index (χ2v) is 10.8. The van der Waals surface area contributed by atoms with Gasteiger partial charge in [0.05, 0.1) is 17.3 Å². The lowest BCUT2D eigenvalue weighted by Gasteiger charge is -2.37. The summed E-state index contributed by atoms with van der Waals surface area (Å²) in [6.45, 7) is 5.43. The van der Waals surface area contributed by atoms with Crippen molar-refractivity contribution in [1.29, 1.82) is 0 Å². The van der Waals surface area contributed by atoms with Crippen molar-refractivity contribution in [2.45, 2.75) is 45.1 Å². The number of nitrogens with zero attached hydrogens (tertiary/aromatic N) is 2. The van der Waals surface area contributed by atoms with Crippen LogP contribution in [0.5, 0.6) is 0 Å². The number of carbonyl (C=O) groups is 1. The van der Waals surface area contributed by atoms with E-state index in [4.69, 9.17) is 16.0 Å². The Labute approximate surface area is 228 Å². The molecule has 0 radical (unpaired) electrons. The molecule has 1 aliphatic rings. The van der Waals surface area contributed by atoms with Crippen LogP contribution in [0.4, 0.5) is 23.2 Å². The van der Waals surface area contributed by atoms with Crippen LogP contribution in [-0.2, 0) is 4.79 Å². The summed E-state index contributed by atoms with van der Waals surface area (Å²) in [5, 5.41) is 17.9. The molecule has 1 aromatic heterocycles. The molecule has 2 unspecified atom stereocenters. The molecule has 0 spiro atoms. The van der Waals surface area contributed by atoms with Crippen molar-refractivity contribution in [2.24, 2.45) is 10.5 Å². The van der Waals surface area contributed by atoms with Gasteiger partial charge < -0.3 is 14.8 Å². The number of carbonyl (C=O) groups excluding carboxylic acids is 1. The SMILES string of the molecule is CC(C)(CO)CCCNC(=O)C1(C)C(c2ccc(Cl)o2)C(c2ccc(F)cc2F)=NN1c1ccc(F)cc1F. The van der Waals surface area contributed by atoms with Crippen molar-refractivity contribution in [3.63, 3.8) is 0 Å². The minimum absolute atomic E-state index is 0.00988. The molecule has 4 rings (SSSR count). The first-order valence-corrected chi connectivity index (χ1v) is 12.7. The third kappa shape index (κ3) is 5.67. The smallest absolute Gasteiger partial charge is 0.248 e. The molecule has 2 heterocycles. The van der Waals surface area contributed by atoms with Crippen LogP contribution in [-0.4, -0.2) is 35.4 Å². The minimum Gasteiger partial charge on any atom is -0.449 e. The Morgan fingerprint density at radius 1 is 1.10 bits per heavy atom. The van der Waals surface area contributed by atoms with E-state index in [1.165, 1.54) is 25.1 Å². The Bertz CT molecular complexity index is 1410. The van der Waals surface area contributed by atoms with Crippen molar-refractivity contribution in [3.8, 4) is 0 Å². The van der Waals surface area contributed by atoms with E-state index in [9.17, 15) is 18.7 Å². The number of aliphatic hydroxyl groups excluding tert-OH is 1. The number of halogens is 5. The van der Waals surface area contributed by atoms with Crippen molar-refractivity contribution in [3.05, 3.63) is 88.3 Å². The molecule has 1 aliphatic heterocycles. The molecule has 2 atom stereocenters. The molecular formula is C28H28ClF4N3O3. The van der Waals surface area contributed by atoms with Gasteiger partial charge in [0.2, 0.25) is 5.91 Å².